The lowest BCUT2D eigenvalue weighted by atomic mass is 10.1. The lowest BCUT2D eigenvalue weighted by molar-refractivity contribution is 0.104. The minimum Gasteiger partial charge on any atom is -0.508 e. The summed E-state index contributed by atoms with van der Waals surface area (Å²) in [5, 5.41) is 18.7. The van der Waals surface area contributed by atoms with Crippen LogP contribution in [-0.4, -0.2) is 10.9 Å². The zero-order chi connectivity index (χ0) is 17.1. The number of carbonyl (C=O) groups excluding carboxylic acids is 1. The molecule has 2 aromatic carbocycles. The molecule has 3 rings (SSSR count). The largest absolute Gasteiger partial charge is 0.508 e. The number of phenolic OH excluding ortho intramolecular Hbond substituents is 1. The van der Waals surface area contributed by atoms with Crippen LogP contribution in [0.5, 0.6) is 5.75 Å². The average Bonchev–Trinajstić information content (AvgIpc) is 2.60. The Balaban J connectivity index is 1.97. The molecule has 116 valence electrons. The second-order valence-corrected chi connectivity index (χ2v) is 5.10. The lowest BCUT2D eigenvalue weighted by Crippen LogP contribution is -2.11. The number of fused-ring (bicyclic) bond motifs is 1. The summed E-state index contributed by atoms with van der Waals surface area (Å²) in [7, 11) is 0. The highest BCUT2D eigenvalue weighted by molar-refractivity contribution is 6.07. The maximum absolute atomic E-state index is 12.2. The number of rotatable bonds is 3. The third kappa shape index (κ3) is 3.08. The molecule has 0 aliphatic rings. The van der Waals surface area contributed by atoms with Gasteiger partial charge in [0, 0.05) is 5.39 Å². The molecule has 0 radical (unpaired) electrons. The highest BCUT2D eigenvalue weighted by Gasteiger charge is 2.11. The Labute approximate surface area is 136 Å². The molecule has 0 amide bonds. The zero-order valence-corrected chi connectivity index (χ0v) is 12.4. The predicted molar refractivity (Wildman–Crippen MR) is 88.7 cm³/mol. The van der Waals surface area contributed by atoms with Crippen molar-refractivity contribution >= 4 is 22.8 Å². The molecule has 3 aromatic rings. The molecular formula is C19H11NO4. The molecule has 0 atom stereocenters. The summed E-state index contributed by atoms with van der Waals surface area (Å²) in [6.07, 6.45) is 2.80. The third-order valence-corrected chi connectivity index (χ3v) is 3.45. The van der Waals surface area contributed by atoms with Crippen LogP contribution in [0.1, 0.15) is 21.5 Å². The van der Waals surface area contributed by atoms with Gasteiger partial charge in [-0.15, -0.1) is 0 Å². The van der Waals surface area contributed by atoms with Crippen molar-refractivity contribution in [1.29, 1.82) is 5.26 Å². The fourth-order valence-electron chi connectivity index (χ4n) is 2.21. The van der Waals surface area contributed by atoms with E-state index in [2.05, 4.69) is 0 Å². The van der Waals surface area contributed by atoms with Crippen LogP contribution in [0.2, 0.25) is 0 Å². The first-order valence-corrected chi connectivity index (χ1v) is 7.06. The number of carbonyl (C=O) groups is 1. The smallest absolute Gasteiger partial charge is 0.347 e. The molecule has 1 aromatic heterocycles. The van der Waals surface area contributed by atoms with Crippen molar-refractivity contribution in [2.75, 3.05) is 0 Å². The quantitative estimate of drug-likeness (QED) is 0.455. The molecule has 0 unspecified atom stereocenters. The minimum absolute atomic E-state index is 0.104. The molecular weight excluding hydrogens is 306 g/mol. The van der Waals surface area contributed by atoms with Crippen LogP contribution in [0.15, 0.2) is 63.8 Å². The van der Waals surface area contributed by atoms with E-state index in [4.69, 9.17) is 9.68 Å². The number of hydrogen-bond donors (Lipinski definition) is 1. The summed E-state index contributed by atoms with van der Waals surface area (Å²) >= 11 is 0. The first-order valence-electron chi connectivity index (χ1n) is 7.06. The Morgan fingerprint density at radius 2 is 1.88 bits per heavy atom. The van der Waals surface area contributed by atoms with Gasteiger partial charge in [0.05, 0.1) is 11.6 Å². The van der Waals surface area contributed by atoms with Crippen LogP contribution < -0.4 is 5.63 Å². The van der Waals surface area contributed by atoms with E-state index in [0.29, 0.717) is 22.1 Å². The molecule has 0 saturated carbocycles. The first-order chi connectivity index (χ1) is 11.6. The summed E-state index contributed by atoms with van der Waals surface area (Å²) in [4.78, 5) is 24.2. The van der Waals surface area contributed by atoms with Gasteiger partial charge >= 0.3 is 5.63 Å². The lowest BCUT2D eigenvalue weighted by Gasteiger charge is -2.00. The number of ketones is 1. The van der Waals surface area contributed by atoms with Crippen molar-refractivity contribution in [3.63, 3.8) is 0 Å². The fraction of sp³-hybridized carbons (Fsp3) is 0. The Bertz CT molecular complexity index is 1050. The van der Waals surface area contributed by atoms with E-state index in [-0.39, 0.29) is 11.3 Å². The topological polar surface area (TPSA) is 91.3 Å². The molecule has 0 saturated heterocycles. The Morgan fingerprint density at radius 1 is 1.12 bits per heavy atom. The van der Waals surface area contributed by atoms with Crippen molar-refractivity contribution in [2.45, 2.75) is 0 Å². The van der Waals surface area contributed by atoms with Crippen molar-refractivity contribution in [1.82, 2.24) is 0 Å². The van der Waals surface area contributed by atoms with E-state index in [1.165, 1.54) is 42.5 Å². The van der Waals surface area contributed by atoms with Gasteiger partial charge in [0.2, 0.25) is 0 Å². The number of nitriles is 1. The van der Waals surface area contributed by atoms with E-state index in [9.17, 15) is 14.7 Å². The Kier molecular flexibility index (Phi) is 3.96. The van der Waals surface area contributed by atoms with E-state index >= 15 is 0 Å². The number of phenols is 1. The molecule has 0 spiro atoms. The second kappa shape index (κ2) is 6.23. The van der Waals surface area contributed by atoms with Crippen molar-refractivity contribution in [3.05, 3.63) is 81.7 Å². The minimum atomic E-state index is -0.729. The number of aromatic hydroxyl groups is 1. The summed E-state index contributed by atoms with van der Waals surface area (Å²) in [6, 6.07) is 14.3. The van der Waals surface area contributed by atoms with Crippen LogP contribution in [0.3, 0.4) is 0 Å². The maximum Gasteiger partial charge on any atom is 0.347 e. The van der Waals surface area contributed by atoms with Crippen LogP contribution in [0.25, 0.3) is 17.0 Å². The molecule has 24 heavy (non-hydrogen) atoms. The molecule has 0 fully saturated rings. The SMILES string of the molecule is N#Cc1ccc2oc(=O)c(C(=O)/C=C/c3ccc(O)cc3)cc2c1. The van der Waals surface area contributed by atoms with Crippen LogP contribution in [0, 0.1) is 11.3 Å². The molecule has 5 nitrogen and oxygen atoms in total. The van der Waals surface area contributed by atoms with Crippen LogP contribution in [-0.2, 0) is 0 Å². The Hall–Kier alpha value is -3.65. The summed E-state index contributed by atoms with van der Waals surface area (Å²) < 4.78 is 5.13. The summed E-state index contributed by atoms with van der Waals surface area (Å²) in [5.41, 5.74) is 0.603. The van der Waals surface area contributed by atoms with Gasteiger partial charge in [0.15, 0.2) is 5.78 Å². The van der Waals surface area contributed by atoms with Crippen LogP contribution >= 0.6 is 0 Å². The number of hydrogen-bond acceptors (Lipinski definition) is 5. The zero-order valence-electron chi connectivity index (χ0n) is 12.4. The van der Waals surface area contributed by atoms with Gasteiger partial charge in [-0.05, 0) is 48.0 Å². The van der Waals surface area contributed by atoms with Gasteiger partial charge in [-0.2, -0.15) is 5.26 Å². The second-order valence-electron chi connectivity index (χ2n) is 5.10. The monoisotopic (exact) mass is 317 g/mol. The molecule has 0 bridgehead atoms. The van der Waals surface area contributed by atoms with Gasteiger partial charge in [-0.3, -0.25) is 4.79 Å². The maximum atomic E-state index is 12.2. The molecule has 1 N–H and O–H groups in total. The van der Waals surface area contributed by atoms with Gasteiger partial charge in [-0.1, -0.05) is 18.2 Å². The average molecular weight is 317 g/mol. The highest BCUT2D eigenvalue weighted by Crippen LogP contribution is 2.16. The fourth-order valence-corrected chi connectivity index (χ4v) is 2.21. The van der Waals surface area contributed by atoms with E-state index in [0.717, 1.165) is 0 Å². The predicted octanol–water partition coefficient (Wildman–Crippen LogP) is 3.27. The van der Waals surface area contributed by atoms with Crippen molar-refractivity contribution < 1.29 is 14.3 Å². The molecule has 0 aliphatic carbocycles. The van der Waals surface area contributed by atoms with Crippen molar-refractivity contribution in [3.8, 4) is 11.8 Å². The van der Waals surface area contributed by atoms with Gasteiger partial charge in [0.1, 0.15) is 16.9 Å². The summed E-state index contributed by atoms with van der Waals surface area (Å²) in [6.45, 7) is 0. The Morgan fingerprint density at radius 3 is 2.58 bits per heavy atom. The highest BCUT2D eigenvalue weighted by atomic mass is 16.4. The number of allylic oxidation sites excluding steroid dienone is 1. The molecule has 1 heterocycles. The van der Waals surface area contributed by atoms with Gasteiger partial charge in [0.25, 0.3) is 0 Å². The van der Waals surface area contributed by atoms with Crippen molar-refractivity contribution in [2.24, 2.45) is 0 Å². The third-order valence-electron chi connectivity index (χ3n) is 3.45. The number of benzene rings is 2. The standard InChI is InChI=1S/C19H11NO4/c20-11-13-4-8-18-14(9-13)10-16(19(23)24-18)17(22)7-3-12-1-5-15(21)6-2-12/h1-10,21H/b7-3+. The normalized spacial score (nSPS) is 10.8. The first kappa shape index (κ1) is 15.3. The number of nitrogens with zero attached hydrogens (tertiary/aromatic N) is 1. The molecule has 0 aliphatic heterocycles. The molecule has 5 heteroatoms. The summed E-state index contributed by atoms with van der Waals surface area (Å²) in [5.74, 6) is -0.372. The van der Waals surface area contributed by atoms with Gasteiger partial charge < -0.3 is 9.52 Å². The van der Waals surface area contributed by atoms with Gasteiger partial charge in [-0.25, -0.2) is 4.79 Å². The van der Waals surface area contributed by atoms with E-state index < -0.39 is 11.4 Å². The van der Waals surface area contributed by atoms with E-state index in [1.54, 1.807) is 18.2 Å². The van der Waals surface area contributed by atoms with E-state index in [1.807, 2.05) is 6.07 Å². The van der Waals surface area contributed by atoms with Crippen LogP contribution in [0.4, 0.5) is 0 Å².